The van der Waals surface area contributed by atoms with Crippen LogP contribution in [0.25, 0.3) is 0 Å². The van der Waals surface area contributed by atoms with E-state index in [2.05, 4.69) is 39.6 Å². The number of aryl methyl sites for hydroxylation is 2. The summed E-state index contributed by atoms with van der Waals surface area (Å²) in [5.41, 5.74) is 1.08. The average molecular weight is 356 g/mol. The molecule has 1 aliphatic heterocycles. The van der Waals surface area contributed by atoms with Crippen molar-refractivity contribution in [3.8, 4) is 5.75 Å². The summed E-state index contributed by atoms with van der Waals surface area (Å²) < 4.78 is 2.02. The molecule has 0 spiro atoms. The van der Waals surface area contributed by atoms with Gasteiger partial charge in [-0.05, 0) is 37.5 Å². The fourth-order valence-corrected chi connectivity index (χ4v) is 3.15. The summed E-state index contributed by atoms with van der Waals surface area (Å²) in [6.45, 7) is 6.45. The van der Waals surface area contributed by atoms with Gasteiger partial charge in [-0.3, -0.25) is 4.99 Å². The Kier molecular flexibility index (Phi) is 6.09. The maximum absolute atomic E-state index is 9.55. The van der Waals surface area contributed by atoms with Gasteiger partial charge < -0.3 is 15.7 Å². The van der Waals surface area contributed by atoms with Gasteiger partial charge in [0.2, 0.25) is 0 Å². The van der Waals surface area contributed by atoms with E-state index in [0.717, 1.165) is 61.9 Å². The van der Waals surface area contributed by atoms with Crippen molar-refractivity contribution in [2.45, 2.75) is 52.1 Å². The van der Waals surface area contributed by atoms with Crippen molar-refractivity contribution in [1.82, 2.24) is 25.4 Å². The largest absolute Gasteiger partial charge is 0.508 e. The molecule has 0 aliphatic carbocycles. The molecule has 0 fully saturated rings. The van der Waals surface area contributed by atoms with Crippen LogP contribution in [0.15, 0.2) is 29.3 Å². The summed E-state index contributed by atoms with van der Waals surface area (Å²) in [5.74, 6) is 3.14. The molecule has 1 atom stereocenters. The van der Waals surface area contributed by atoms with Gasteiger partial charge in [0.1, 0.15) is 11.6 Å². The number of nitrogens with zero attached hydrogens (tertiary/aromatic N) is 4. The molecule has 7 nitrogen and oxygen atoms in total. The van der Waals surface area contributed by atoms with Crippen molar-refractivity contribution in [1.29, 1.82) is 0 Å². The number of fused-ring (bicyclic) bond motifs is 1. The second-order valence-electron chi connectivity index (χ2n) is 6.54. The third-order valence-electron chi connectivity index (χ3n) is 4.48. The molecular formula is C19H28N6O. The lowest BCUT2D eigenvalue weighted by atomic mass is 10.1. The SMILES string of the molecule is CCNC(=NCCc1cccc(O)c1)NC1CCc2nc(CC)nn2C1. The number of hydrogen-bond donors (Lipinski definition) is 3. The summed E-state index contributed by atoms with van der Waals surface area (Å²) >= 11 is 0. The number of benzene rings is 1. The molecule has 140 valence electrons. The molecule has 0 amide bonds. The van der Waals surface area contributed by atoms with E-state index in [-0.39, 0.29) is 0 Å². The number of hydrogen-bond acceptors (Lipinski definition) is 4. The van der Waals surface area contributed by atoms with Crippen molar-refractivity contribution >= 4 is 5.96 Å². The summed E-state index contributed by atoms with van der Waals surface area (Å²) in [5, 5.41) is 20.9. The monoisotopic (exact) mass is 356 g/mol. The quantitative estimate of drug-likeness (QED) is 0.541. The number of aliphatic imine (C=N–C) groups is 1. The highest BCUT2D eigenvalue weighted by molar-refractivity contribution is 5.80. The van der Waals surface area contributed by atoms with Crippen LogP contribution in [0.3, 0.4) is 0 Å². The standard InChI is InChI=1S/C19H28N6O/c1-3-17-23-18-9-8-15(13-25(18)24-17)22-19(20-4-2)21-11-10-14-6-5-7-16(26)12-14/h5-7,12,15,26H,3-4,8-11,13H2,1-2H3,(H2,20,21,22). The third kappa shape index (κ3) is 4.74. The first-order chi connectivity index (χ1) is 12.7. The Morgan fingerprint density at radius 2 is 2.27 bits per heavy atom. The molecule has 1 aliphatic rings. The van der Waals surface area contributed by atoms with Gasteiger partial charge in [-0.2, -0.15) is 5.10 Å². The maximum Gasteiger partial charge on any atom is 0.191 e. The molecule has 3 rings (SSSR count). The van der Waals surface area contributed by atoms with Crippen LogP contribution in [-0.4, -0.2) is 45.0 Å². The second-order valence-corrected chi connectivity index (χ2v) is 6.54. The topological polar surface area (TPSA) is 87.4 Å². The molecule has 0 bridgehead atoms. The highest BCUT2D eigenvalue weighted by Crippen LogP contribution is 2.14. The van der Waals surface area contributed by atoms with E-state index in [9.17, 15) is 5.11 Å². The second kappa shape index (κ2) is 8.69. The Morgan fingerprint density at radius 1 is 1.38 bits per heavy atom. The summed E-state index contributed by atoms with van der Waals surface area (Å²) in [6.07, 6.45) is 3.63. The molecule has 1 unspecified atom stereocenters. The van der Waals surface area contributed by atoms with Crippen LogP contribution >= 0.6 is 0 Å². The van der Waals surface area contributed by atoms with Crippen LogP contribution in [0, 0.1) is 0 Å². The van der Waals surface area contributed by atoms with E-state index in [4.69, 9.17) is 0 Å². The Bertz CT molecular complexity index is 754. The van der Waals surface area contributed by atoms with Crippen molar-refractivity contribution in [2.75, 3.05) is 13.1 Å². The van der Waals surface area contributed by atoms with Crippen molar-refractivity contribution in [3.05, 3.63) is 41.5 Å². The van der Waals surface area contributed by atoms with Gasteiger partial charge in [-0.15, -0.1) is 0 Å². The zero-order valence-corrected chi connectivity index (χ0v) is 15.6. The van der Waals surface area contributed by atoms with Crippen LogP contribution in [0.5, 0.6) is 5.75 Å². The Morgan fingerprint density at radius 3 is 3.04 bits per heavy atom. The molecule has 2 aromatic rings. The number of nitrogens with one attached hydrogen (secondary N) is 2. The molecule has 0 saturated heterocycles. The number of aromatic hydroxyl groups is 1. The van der Waals surface area contributed by atoms with Crippen molar-refractivity contribution < 1.29 is 5.11 Å². The van der Waals surface area contributed by atoms with Crippen molar-refractivity contribution in [2.24, 2.45) is 4.99 Å². The number of phenolic OH excluding ortho intramolecular Hbond substituents is 1. The predicted molar refractivity (Wildman–Crippen MR) is 102 cm³/mol. The lowest BCUT2D eigenvalue weighted by Gasteiger charge is -2.25. The van der Waals surface area contributed by atoms with Gasteiger partial charge in [0.15, 0.2) is 11.8 Å². The first-order valence-corrected chi connectivity index (χ1v) is 9.43. The highest BCUT2D eigenvalue weighted by atomic mass is 16.3. The molecule has 3 N–H and O–H groups in total. The molecule has 1 aromatic heterocycles. The van der Waals surface area contributed by atoms with Gasteiger partial charge in [0.05, 0.1) is 6.54 Å². The van der Waals surface area contributed by atoms with Crippen LogP contribution in [0.1, 0.15) is 37.5 Å². The number of guanidine groups is 1. The third-order valence-corrected chi connectivity index (χ3v) is 4.48. The number of phenols is 1. The van der Waals surface area contributed by atoms with E-state index in [1.165, 1.54) is 0 Å². The van der Waals surface area contributed by atoms with Crippen LogP contribution in [0.2, 0.25) is 0 Å². The first-order valence-electron chi connectivity index (χ1n) is 9.43. The first kappa shape index (κ1) is 18.2. The van der Waals surface area contributed by atoms with E-state index in [1.54, 1.807) is 12.1 Å². The minimum absolute atomic E-state index is 0.299. The Labute approximate surface area is 154 Å². The maximum atomic E-state index is 9.55. The lowest BCUT2D eigenvalue weighted by Crippen LogP contribution is -2.47. The van der Waals surface area contributed by atoms with Gasteiger partial charge in [-0.1, -0.05) is 19.1 Å². The molecule has 0 saturated carbocycles. The molecule has 7 heteroatoms. The van der Waals surface area contributed by atoms with Crippen LogP contribution in [0.4, 0.5) is 0 Å². The minimum atomic E-state index is 0.299. The molecule has 1 aromatic carbocycles. The Hall–Kier alpha value is -2.57. The predicted octanol–water partition coefficient (Wildman–Crippen LogP) is 1.66. The number of rotatable bonds is 6. The highest BCUT2D eigenvalue weighted by Gasteiger charge is 2.21. The smallest absolute Gasteiger partial charge is 0.191 e. The molecular weight excluding hydrogens is 328 g/mol. The molecule has 26 heavy (non-hydrogen) atoms. The summed E-state index contributed by atoms with van der Waals surface area (Å²) in [7, 11) is 0. The van der Waals surface area contributed by atoms with Gasteiger partial charge >= 0.3 is 0 Å². The van der Waals surface area contributed by atoms with Gasteiger partial charge in [-0.25, -0.2) is 9.67 Å². The molecule has 0 radical (unpaired) electrons. The van der Waals surface area contributed by atoms with Crippen molar-refractivity contribution in [3.63, 3.8) is 0 Å². The van der Waals surface area contributed by atoms with E-state index < -0.39 is 0 Å². The fourth-order valence-electron chi connectivity index (χ4n) is 3.15. The summed E-state index contributed by atoms with van der Waals surface area (Å²) in [4.78, 5) is 9.24. The zero-order valence-electron chi connectivity index (χ0n) is 15.6. The zero-order chi connectivity index (χ0) is 18.4. The number of aromatic nitrogens is 3. The van der Waals surface area contributed by atoms with E-state index in [1.807, 2.05) is 16.8 Å². The van der Waals surface area contributed by atoms with Crippen LogP contribution < -0.4 is 10.6 Å². The minimum Gasteiger partial charge on any atom is -0.508 e. The van der Waals surface area contributed by atoms with Gasteiger partial charge in [0.25, 0.3) is 0 Å². The van der Waals surface area contributed by atoms with E-state index >= 15 is 0 Å². The van der Waals surface area contributed by atoms with Gasteiger partial charge in [0, 0.05) is 32.0 Å². The normalized spacial score (nSPS) is 17.0. The average Bonchev–Trinajstić information content (AvgIpc) is 3.04. The fraction of sp³-hybridized carbons (Fsp3) is 0.526. The molecule has 2 heterocycles. The van der Waals surface area contributed by atoms with Crippen LogP contribution in [-0.2, 0) is 25.8 Å². The lowest BCUT2D eigenvalue weighted by molar-refractivity contribution is 0.392. The summed E-state index contributed by atoms with van der Waals surface area (Å²) in [6, 6.07) is 7.64. The Balaban J connectivity index is 1.57. The van der Waals surface area contributed by atoms with E-state index in [0.29, 0.717) is 18.3 Å².